The Morgan fingerprint density at radius 3 is 2.13 bits per heavy atom. The van der Waals surface area contributed by atoms with Crippen molar-refractivity contribution in [3.05, 3.63) is 95.1 Å². The van der Waals surface area contributed by atoms with Crippen molar-refractivity contribution in [2.75, 3.05) is 0 Å². The van der Waals surface area contributed by atoms with Crippen LogP contribution in [0.25, 0.3) is 0 Å². The summed E-state index contributed by atoms with van der Waals surface area (Å²) < 4.78 is 0. The van der Waals surface area contributed by atoms with Crippen molar-refractivity contribution in [3.8, 4) is 0 Å². The molecule has 2 atom stereocenters. The molecule has 0 unspecified atom stereocenters. The SMILES string of the molecule is Cc1ccc(CNC(=O)[C@H](CC(C)C)NC(=O)[C@H](CCc2ccccc2)NC(=O)c2cnc(C)cn2)cc1. The Labute approximate surface area is 224 Å². The average molecular weight is 516 g/mol. The summed E-state index contributed by atoms with van der Waals surface area (Å²) in [5.41, 5.74) is 3.98. The topological polar surface area (TPSA) is 113 Å². The van der Waals surface area contributed by atoms with Gasteiger partial charge in [-0.05, 0) is 50.2 Å². The highest BCUT2D eigenvalue weighted by atomic mass is 16.2. The van der Waals surface area contributed by atoms with E-state index in [9.17, 15) is 14.4 Å². The number of hydrogen-bond donors (Lipinski definition) is 3. The quantitative estimate of drug-likeness (QED) is 0.341. The molecule has 200 valence electrons. The molecule has 0 saturated heterocycles. The van der Waals surface area contributed by atoms with Gasteiger partial charge in [0.1, 0.15) is 17.8 Å². The predicted molar refractivity (Wildman–Crippen MR) is 147 cm³/mol. The van der Waals surface area contributed by atoms with Gasteiger partial charge in [-0.25, -0.2) is 4.98 Å². The van der Waals surface area contributed by atoms with E-state index in [-0.39, 0.29) is 17.5 Å². The van der Waals surface area contributed by atoms with Crippen molar-refractivity contribution in [1.82, 2.24) is 25.9 Å². The number of benzene rings is 2. The van der Waals surface area contributed by atoms with Gasteiger partial charge < -0.3 is 16.0 Å². The third kappa shape index (κ3) is 9.10. The van der Waals surface area contributed by atoms with E-state index in [1.165, 1.54) is 12.4 Å². The summed E-state index contributed by atoms with van der Waals surface area (Å²) in [4.78, 5) is 47.7. The van der Waals surface area contributed by atoms with Crippen LogP contribution in [0, 0.1) is 19.8 Å². The number of aromatic nitrogens is 2. The Morgan fingerprint density at radius 2 is 1.50 bits per heavy atom. The molecule has 3 rings (SSSR count). The predicted octanol–water partition coefficient (Wildman–Crippen LogP) is 3.67. The zero-order valence-electron chi connectivity index (χ0n) is 22.5. The summed E-state index contributed by atoms with van der Waals surface area (Å²) in [6, 6.07) is 16.1. The lowest BCUT2D eigenvalue weighted by atomic mass is 10.0. The number of carbonyl (C=O) groups is 3. The van der Waals surface area contributed by atoms with E-state index in [4.69, 9.17) is 0 Å². The van der Waals surface area contributed by atoms with Crippen LogP contribution >= 0.6 is 0 Å². The van der Waals surface area contributed by atoms with Gasteiger partial charge in [-0.1, -0.05) is 74.0 Å². The van der Waals surface area contributed by atoms with Crippen molar-refractivity contribution < 1.29 is 14.4 Å². The molecule has 2 aromatic carbocycles. The molecule has 0 radical (unpaired) electrons. The molecule has 8 heteroatoms. The number of hydrogen-bond acceptors (Lipinski definition) is 5. The Kier molecular flexibility index (Phi) is 10.5. The largest absolute Gasteiger partial charge is 0.350 e. The first-order valence-corrected chi connectivity index (χ1v) is 13.0. The van der Waals surface area contributed by atoms with Gasteiger partial charge in [0, 0.05) is 12.7 Å². The second-order valence-corrected chi connectivity index (χ2v) is 9.99. The van der Waals surface area contributed by atoms with Gasteiger partial charge in [0.15, 0.2) is 0 Å². The van der Waals surface area contributed by atoms with Crippen LogP contribution in [0.2, 0.25) is 0 Å². The summed E-state index contributed by atoms with van der Waals surface area (Å²) in [7, 11) is 0. The molecule has 0 saturated carbocycles. The molecule has 3 N–H and O–H groups in total. The van der Waals surface area contributed by atoms with Crippen LogP contribution in [0.1, 0.15) is 59.6 Å². The van der Waals surface area contributed by atoms with Gasteiger partial charge in [-0.15, -0.1) is 0 Å². The lowest BCUT2D eigenvalue weighted by molar-refractivity contribution is -0.130. The van der Waals surface area contributed by atoms with E-state index < -0.39 is 23.9 Å². The molecule has 8 nitrogen and oxygen atoms in total. The van der Waals surface area contributed by atoms with E-state index in [0.717, 1.165) is 16.7 Å². The van der Waals surface area contributed by atoms with Crippen LogP contribution in [0.5, 0.6) is 0 Å². The zero-order chi connectivity index (χ0) is 27.5. The van der Waals surface area contributed by atoms with E-state index in [0.29, 0.717) is 31.5 Å². The van der Waals surface area contributed by atoms with Gasteiger partial charge in [0.05, 0.1) is 11.9 Å². The minimum Gasteiger partial charge on any atom is -0.350 e. The fourth-order valence-corrected chi connectivity index (χ4v) is 3.96. The monoisotopic (exact) mass is 515 g/mol. The maximum absolute atomic E-state index is 13.5. The Bertz CT molecular complexity index is 1190. The van der Waals surface area contributed by atoms with E-state index in [1.807, 2.05) is 75.4 Å². The van der Waals surface area contributed by atoms with Crippen LogP contribution in [0.3, 0.4) is 0 Å². The van der Waals surface area contributed by atoms with Crippen molar-refractivity contribution in [1.29, 1.82) is 0 Å². The number of nitrogens with one attached hydrogen (secondary N) is 3. The molecule has 0 aliphatic carbocycles. The first kappa shape index (κ1) is 28.5. The smallest absolute Gasteiger partial charge is 0.272 e. The van der Waals surface area contributed by atoms with E-state index in [2.05, 4.69) is 25.9 Å². The van der Waals surface area contributed by atoms with Crippen LogP contribution in [-0.4, -0.2) is 39.8 Å². The van der Waals surface area contributed by atoms with Crippen molar-refractivity contribution >= 4 is 17.7 Å². The van der Waals surface area contributed by atoms with Crippen LogP contribution in [0.4, 0.5) is 0 Å². The maximum Gasteiger partial charge on any atom is 0.272 e. The summed E-state index contributed by atoms with van der Waals surface area (Å²) in [6.45, 7) is 8.15. The first-order valence-electron chi connectivity index (χ1n) is 13.0. The lowest BCUT2D eigenvalue weighted by Gasteiger charge is -2.24. The molecular formula is C30H37N5O3. The van der Waals surface area contributed by atoms with Gasteiger partial charge in [-0.3, -0.25) is 19.4 Å². The molecule has 38 heavy (non-hydrogen) atoms. The summed E-state index contributed by atoms with van der Waals surface area (Å²) in [5, 5.41) is 8.63. The average Bonchev–Trinajstić information content (AvgIpc) is 2.90. The lowest BCUT2D eigenvalue weighted by Crippen LogP contribution is -2.54. The Morgan fingerprint density at radius 1 is 0.789 bits per heavy atom. The number of carbonyl (C=O) groups excluding carboxylic acids is 3. The van der Waals surface area contributed by atoms with Gasteiger partial charge in [0.2, 0.25) is 11.8 Å². The number of amides is 3. The molecule has 1 heterocycles. The molecule has 3 aromatic rings. The number of rotatable bonds is 12. The standard InChI is InChI=1S/C30H37N5O3/c1-20(2)16-26(28(36)33-18-24-12-10-21(3)11-13-24)35-29(37)25(15-14-23-8-6-5-7-9-23)34-30(38)27-19-31-22(4)17-32-27/h5-13,17,19-20,25-26H,14-16,18H2,1-4H3,(H,33,36)(H,34,38)(H,35,37)/t25-,26-/m0/s1. The second-order valence-electron chi connectivity index (χ2n) is 9.99. The second kappa shape index (κ2) is 14.0. The number of nitrogens with zero attached hydrogens (tertiary/aromatic N) is 2. The van der Waals surface area contributed by atoms with Crippen LogP contribution < -0.4 is 16.0 Å². The fraction of sp³-hybridized carbons (Fsp3) is 0.367. The minimum atomic E-state index is -0.856. The number of aryl methyl sites for hydroxylation is 3. The molecule has 0 aliphatic rings. The van der Waals surface area contributed by atoms with E-state index >= 15 is 0 Å². The van der Waals surface area contributed by atoms with Crippen LogP contribution in [-0.2, 0) is 22.6 Å². The Balaban J connectivity index is 1.71. The van der Waals surface area contributed by atoms with Gasteiger partial charge >= 0.3 is 0 Å². The normalized spacial score (nSPS) is 12.4. The molecule has 0 bridgehead atoms. The zero-order valence-corrected chi connectivity index (χ0v) is 22.5. The fourth-order valence-electron chi connectivity index (χ4n) is 3.96. The van der Waals surface area contributed by atoms with Gasteiger partial charge in [-0.2, -0.15) is 0 Å². The minimum absolute atomic E-state index is 0.127. The molecule has 1 aromatic heterocycles. The molecule has 3 amide bonds. The Hall–Kier alpha value is -4.07. The van der Waals surface area contributed by atoms with Crippen molar-refractivity contribution in [3.63, 3.8) is 0 Å². The van der Waals surface area contributed by atoms with E-state index in [1.54, 1.807) is 6.92 Å². The maximum atomic E-state index is 13.5. The van der Waals surface area contributed by atoms with Crippen molar-refractivity contribution in [2.24, 2.45) is 5.92 Å². The highest BCUT2D eigenvalue weighted by Gasteiger charge is 2.28. The molecule has 0 aliphatic heterocycles. The van der Waals surface area contributed by atoms with Crippen molar-refractivity contribution in [2.45, 2.75) is 65.6 Å². The first-order chi connectivity index (χ1) is 18.2. The summed E-state index contributed by atoms with van der Waals surface area (Å²) in [6.07, 6.45) is 4.30. The highest BCUT2D eigenvalue weighted by Crippen LogP contribution is 2.10. The summed E-state index contributed by atoms with van der Waals surface area (Å²) >= 11 is 0. The third-order valence-electron chi connectivity index (χ3n) is 6.13. The summed E-state index contributed by atoms with van der Waals surface area (Å²) in [5.74, 6) is -0.990. The molecule has 0 spiro atoms. The van der Waals surface area contributed by atoms with Crippen LogP contribution in [0.15, 0.2) is 67.0 Å². The molecular weight excluding hydrogens is 478 g/mol. The molecule has 0 fully saturated rings. The third-order valence-corrected chi connectivity index (χ3v) is 6.13. The highest BCUT2D eigenvalue weighted by molar-refractivity contribution is 5.97. The van der Waals surface area contributed by atoms with Gasteiger partial charge in [0.25, 0.3) is 5.91 Å².